The van der Waals surface area contributed by atoms with Gasteiger partial charge in [-0.3, -0.25) is 9.36 Å². The number of allylic oxidation sites excluding steroid dienone is 4. The van der Waals surface area contributed by atoms with Crippen LogP contribution in [0.15, 0.2) is 73.1 Å². The average Bonchev–Trinajstić information content (AvgIpc) is 3.48. The number of rotatable bonds is 3. The topological polar surface area (TPSA) is 65.1 Å². The molecule has 8 heteroatoms. The van der Waals surface area contributed by atoms with Crippen LogP contribution in [0.2, 0.25) is 0 Å². The molecule has 2 aromatic heterocycles. The molecule has 1 N–H and O–H groups in total. The molecule has 36 heavy (non-hydrogen) atoms. The Hall–Kier alpha value is -3.03. The lowest BCUT2D eigenvalue weighted by molar-refractivity contribution is 0.454. The van der Waals surface area contributed by atoms with Crippen molar-refractivity contribution in [1.29, 1.82) is 0 Å². The molecule has 0 fully saturated rings. The van der Waals surface area contributed by atoms with E-state index in [1.807, 2.05) is 37.1 Å². The summed E-state index contributed by atoms with van der Waals surface area (Å²) in [5, 5.41) is 19.4. The second kappa shape index (κ2) is 12.8. The lowest BCUT2D eigenvalue weighted by Gasteiger charge is -2.16. The van der Waals surface area contributed by atoms with Gasteiger partial charge in [0, 0.05) is 36.9 Å². The van der Waals surface area contributed by atoms with Gasteiger partial charge in [-0.05, 0) is 62.3 Å². The molecule has 2 aliphatic carbocycles. The molecular weight excluding hydrogens is 471 g/mol. The van der Waals surface area contributed by atoms with E-state index < -0.39 is 0 Å². The van der Waals surface area contributed by atoms with Gasteiger partial charge in [0.2, 0.25) is 0 Å². The largest absolute Gasteiger partial charge is 0.569 e. The van der Waals surface area contributed by atoms with Crippen LogP contribution in [-0.2, 0) is 14.1 Å². The first-order chi connectivity index (χ1) is 17.5. The molecule has 2 atom stereocenters. The number of hydrogen-bond donors (Lipinski definition) is 1. The van der Waals surface area contributed by atoms with Crippen molar-refractivity contribution in [2.24, 2.45) is 14.1 Å². The van der Waals surface area contributed by atoms with Crippen LogP contribution in [0, 0.1) is 0 Å². The van der Waals surface area contributed by atoms with Crippen LogP contribution in [0.5, 0.6) is 5.75 Å². The van der Waals surface area contributed by atoms with Gasteiger partial charge in [0.05, 0.1) is 28.8 Å². The normalized spacial score (nSPS) is 18.8. The second-order valence-electron chi connectivity index (χ2n) is 9.14. The van der Waals surface area contributed by atoms with E-state index in [4.69, 9.17) is 21.3 Å². The van der Waals surface area contributed by atoms with E-state index in [2.05, 4.69) is 52.7 Å². The maximum atomic E-state index is 8.44. The SMILES string of the molecule is ClC1C=CCCC1.Cn1ncc2ccc(O[B]O)cc21.Cn1ncc2ccc([C@H]3C=CCCC3)cc21. The standard InChI is InChI=1S/C14H16N2.C8H8BN2O2.C6H9Cl/c1-16-14-9-12(7-8-13(14)10-15-16)11-5-3-2-4-6-11;1-11-8-4-7(13-9-12)3-2-6(8)5-10-11;7-6-4-2-1-3-5-6/h3,5,7-11H,2,4,6H2,1H3;2-5,12H,1H3;2,4,6H,1,3,5H2/t11-;;/m0../s1. The van der Waals surface area contributed by atoms with Crippen molar-refractivity contribution in [3.8, 4) is 5.75 Å². The van der Waals surface area contributed by atoms with E-state index in [1.54, 1.807) is 16.9 Å². The Kier molecular flexibility index (Phi) is 9.26. The highest BCUT2D eigenvalue weighted by molar-refractivity contribution is 6.21. The predicted molar refractivity (Wildman–Crippen MR) is 148 cm³/mol. The lowest BCUT2D eigenvalue weighted by Crippen LogP contribution is -1.99. The molecular formula is C28H33BClN4O2. The second-order valence-corrected chi connectivity index (χ2v) is 9.70. The van der Waals surface area contributed by atoms with E-state index in [0.29, 0.717) is 24.7 Å². The van der Waals surface area contributed by atoms with Crippen LogP contribution in [0.25, 0.3) is 21.8 Å². The molecule has 2 heterocycles. The molecule has 0 bridgehead atoms. The summed E-state index contributed by atoms with van der Waals surface area (Å²) >= 11 is 5.73. The van der Waals surface area contributed by atoms with Crippen molar-refractivity contribution in [1.82, 2.24) is 19.6 Å². The molecule has 0 spiro atoms. The van der Waals surface area contributed by atoms with E-state index in [0.717, 1.165) is 17.3 Å². The Balaban J connectivity index is 0.000000137. The number of halogens is 1. The minimum atomic E-state index is 0.328. The Labute approximate surface area is 218 Å². The molecule has 6 rings (SSSR count). The smallest absolute Gasteiger partial charge is 0.537 e. The molecule has 187 valence electrons. The summed E-state index contributed by atoms with van der Waals surface area (Å²) in [7, 11) is 4.52. The highest BCUT2D eigenvalue weighted by atomic mass is 35.5. The first-order valence-corrected chi connectivity index (χ1v) is 12.9. The zero-order valence-corrected chi connectivity index (χ0v) is 21.7. The molecule has 6 nitrogen and oxygen atoms in total. The third-order valence-corrected chi connectivity index (χ3v) is 6.92. The number of aryl methyl sites for hydroxylation is 2. The number of benzene rings is 2. The molecule has 0 aliphatic heterocycles. The monoisotopic (exact) mass is 503 g/mol. The van der Waals surface area contributed by atoms with Gasteiger partial charge < -0.3 is 9.68 Å². The van der Waals surface area contributed by atoms with E-state index in [9.17, 15) is 0 Å². The fraction of sp³-hybridized carbons (Fsp3) is 0.357. The fourth-order valence-corrected chi connectivity index (χ4v) is 4.77. The molecule has 2 aromatic carbocycles. The van der Waals surface area contributed by atoms with Gasteiger partial charge in [0.15, 0.2) is 0 Å². The van der Waals surface area contributed by atoms with Gasteiger partial charge in [-0.25, -0.2) is 0 Å². The van der Waals surface area contributed by atoms with Crippen molar-refractivity contribution in [2.75, 3.05) is 0 Å². The van der Waals surface area contributed by atoms with Gasteiger partial charge >= 0.3 is 7.69 Å². The molecule has 0 saturated heterocycles. The lowest BCUT2D eigenvalue weighted by atomic mass is 9.89. The first kappa shape index (κ1) is 26.0. The van der Waals surface area contributed by atoms with Crippen molar-refractivity contribution in [3.05, 3.63) is 78.7 Å². The highest BCUT2D eigenvalue weighted by Gasteiger charge is 2.12. The minimum Gasteiger partial charge on any atom is -0.537 e. The summed E-state index contributed by atoms with van der Waals surface area (Å²) in [6.45, 7) is 0. The maximum absolute atomic E-state index is 8.44. The molecule has 2 aliphatic rings. The molecule has 1 unspecified atom stereocenters. The van der Waals surface area contributed by atoms with Crippen molar-refractivity contribution in [3.63, 3.8) is 0 Å². The Morgan fingerprint density at radius 2 is 1.53 bits per heavy atom. The fourth-order valence-electron chi connectivity index (χ4n) is 4.51. The van der Waals surface area contributed by atoms with Gasteiger partial charge in [-0.15, -0.1) is 11.6 Å². The molecule has 4 aromatic rings. The first-order valence-electron chi connectivity index (χ1n) is 12.5. The van der Waals surface area contributed by atoms with Gasteiger partial charge in [-0.2, -0.15) is 10.2 Å². The van der Waals surface area contributed by atoms with E-state index in [1.165, 1.54) is 48.6 Å². The number of fused-ring (bicyclic) bond motifs is 2. The van der Waals surface area contributed by atoms with Crippen LogP contribution >= 0.6 is 11.6 Å². The van der Waals surface area contributed by atoms with Gasteiger partial charge in [0.25, 0.3) is 0 Å². The zero-order chi connectivity index (χ0) is 25.3. The van der Waals surface area contributed by atoms with E-state index in [-0.39, 0.29) is 0 Å². The third-order valence-electron chi connectivity index (χ3n) is 6.56. The third kappa shape index (κ3) is 6.80. The van der Waals surface area contributed by atoms with Gasteiger partial charge in [-0.1, -0.05) is 36.4 Å². The number of nitrogens with zero attached hydrogens (tertiary/aromatic N) is 4. The molecule has 0 amide bonds. The summed E-state index contributed by atoms with van der Waals surface area (Å²) in [6, 6.07) is 12.2. The van der Waals surface area contributed by atoms with Crippen LogP contribution in [0.1, 0.15) is 50.0 Å². The van der Waals surface area contributed by atoms with E-state index >= 15 is 0 Å². The summed E-state index contributed by atoms with van der Waals surface area (Å²) < 4.78 is 8.53. The number of aromatic nitrogens is 4. The number of hydrogen-bond acceptors (Lipinski definition) is 4. The Bertz CT molecular complexity index is 1330. The van der Waals surface area contributed by atoms with Crippen molar-refractivity contribution >= 4 is 41.1 Å². The average molecular weight is 504 g/mol. The number of alkyl halides is 1. The summed E-state index contributed by atoms with van der Waals surface area (Å²) in [5.74, 6) is 1.20. The maximum Gasteiger partial charge on any atom is 0.569 e. The van der Waals surface area contributed by atoms with Crippen LogP contribution in [0.3, 0.4) is 0 Å². The molecule has 0 saturated carbocycles. The Morgan fingerprint density at radius 3 is 2.08 bits per heavy atom. The summed E-state index contributed by atoms with van der Waals surface area (Å²) in [4.78, 5) is 0. The quantitative estimate of drug-likeness (QED) is 0.205. The highest BCUT2D eigenvalue weighted by Crippen LogP contribution is 2.29. The van der Waals surface area contributed by atoms with Crippen molar-refractivity contribution in [2.45, 2.75) is 49.8 Å². The van der Waals surface area contributed by atoms with Gasteiger partial charge in [0.1, 0.15) is 5.75 Å². The minimum absolute atomic E-state index is 0.328. The zero-order valence-electron chi connectivity index (χ0n) is 20.9. The predicted octanol–water partition coefficient (Wildman–Crippen LogP) is 6.21. The van der Waals surface area contributed by atoms with Crippen LogP contribution < -0.4 is 4.65 Å². The van der Waals surface area contributed by atoms with Crippen LogP contribution in [-0.4, -0.2) is 37.6 Å². The van der Waals surface area contributed by atoms with Crippen molar-refractivity contribution < 1.29 is 9.68 Å². The Morgan fingerprint density at radius 1 is 0.889 bits per heavy atom. The summed E-state index contributed by atoms with van der Waals surface area (Å²) in [6.07, 6.45) is 20.1. The molecule has 1 radical (unpaired) electrons. The van der Waals surface area contributed by atoms with Crippen LogP contribution in [0.4, 0.5) is 0 Å². The summed E-state index contributed by atoms with van der Waals surface area (Å²) in [5.41, 5.74) is 3.63.